The Labute approximate surface area is 381 Å². The van der Waals surface area contributed by atoms with Gasteiger partial charge in [-0.15, -0.1) is 11.3 Å². The van der Waals surface area contributed by atoms with Crippen molar-refractivity contribution >= 4 is 31.5 Å². The summed E-state index contributed by atoms with van der Waals surface area (Å²) >= 11 is 2.01. The Kier molecular flexibility index (Phi) is 11.8. The standard InChI is InChI=1S/C59H67N3S/c1-10-13-21-42-29-30-49-50-31-32-51-54(56(50)63-53(49)38-42)52-39-45(43-22-15-14-16-23-43)33-35-62(52)59(12-3,58(51,8)11-2)34-20-25-44-24-17-18-26-48(44)57-60(9)36-37-61(57)55-46(40(4)5)27-19-28-47(55)41(6)7/h14-19,22-24,26-33,35-41H,10-13,20-21,25,34H2,1-9H3/q+2. The molecule has 3 aromatic heterocycles. The van der Waals surface area contributed by atoms with Gasteiger partial charge in [0.1, 0.15) is 18.1 Å². The largest absolute Gasteiger partial charge is 0.294 e. The van der Waals surface area contributed by atoms with E-state index in [0.717, 1.165) is 38.5 Å². The van der Waals surface area contributed by atoms with Gasteiger partial charge in [0.05, 0.1) is 23.6 Å². The van der Waals surface area contributed by atoms with Crippen LogP contribution in [0.25, 0.3) is 59.6 Å². The van der Waals surface area contributed by atoms with Crippen LogP contribution in [0, 0.1) is 0 Å². The van der Waals surface area contributed by atoms with Gasteiger partial charge in [0.25, 0.3) is 5.82 Å². The molecular formula is C59H67N3S+2. The Bertz CT molecular complexity index is 2900. The van der Waals surface area contributed by atoms with Crippen molar-refractivity contribution in [2.75, 3.05) is 0 Å². The number of nitrogens with zero attached hydrogens (tertiary/aromatic N) is 3. The minimum Gasteiger partial charge on any atom is -0.232 e. The second-order valence-corrected chi connectivity index (χ2v) is 20.3. The lowest BCUT2D eigenvalue weighted by atomic mass is 9.58. The van der Waals surface area contributed by atoms with Crippen LogP contribution in [0.15, 0.2) is 134 Å². The highest BCUT2D eigenvalue weighted by Crippen LogP contribution is 2.55. The fourth-order valence-corrected chi connectivity index (χ4v) is 12.8. The third-order valence-corrected chi connectivity index (χ3v) is 16.3. The monoisotopic (exact) mass is 850 g/mol. The van der Waals surface area contributed by atoms with Crippen molar-refractivity contribution < 1.29 is 9.13 Å². The average Bonchev–Trinajstić information content (AvgIpc) is 3.88. The molecule has 2 atom stereocenters. The zero-order valence-electron chi connectivity index (χ0n) is 39.3. The van der Waals surface area contributed by atoms with Gasteiger partial charge in [0.2, 0.25) is 5.69 Å². The van der Waals surface area contributed by atoms with E-state index in [4.69, 9.17) is 0 Å². The van der Waals surface area contributed by atoms with Crippen LogP contribution in [0.1, 0.15) is 134 Å². The molecule has 0 aliphatic carbocycles. The van der Waals surface area contributed by atoms with Gasteiger partial charge in [-0.05, 0) is 90.8 Å². The summed E-state index contributed by atoms with van der Waals surface area (Å²) in [4.78, 5) is 0. The molecule has 0 saturated heterocycles. The molecule has 63 heavy (non-hydrogen) atoms. The first-order valence-electron chi connectivity index (χ1n) is 23.9. The molecule has 0 saturated carbocycles. The van der Waals surface area contributed by atoms with E-state index in [2.05, 4.69) is 210 Å². The molecule has 4 heteroatoms. The van der Waals surface area contributed by atoms with E-state index in [1.165, 1.54) is 100 Å². The van der Waals surface area contributed by atoms with Gasteiger partial charge in [0, 0.05) is 56.3 Å². The topological polar surface area (TPSA) is 12.7 Å². The first-order chi connectivity index (χ1) is 30.5. The van der Waals surface area contributed by atoms with Gasteiger partial charge in [-0.1, -0.05) is 146 Å². The van der Waals surface area contributed by atoms with Crippen LogP contribution in [0.3, 0.4) is 0 Å². The number of rotatable bonds is 14. The number of aryl methyl sites for hydroxylation is 3. The molecule has 0 N–H and O–H groups in total. The van der Waals surface area contributed by atoms with Gasteiger partial charge in [-0.2, -0.15) is 9.13 Å². The van der Waals surface area contributed by atoms with Crippen LogP contribution in [0.4, 0.5) is 0 Å². The van der Waals surface area contributed by atoms with Crippen LogP contribution in [-0.4, -0.2) is 4.57 Å². The van der Waals surface area contributed by atoms with Gasteiger partial charge in [-0.3, -0.25) is 0 Å². The number of unbranched alkanes of at least 4 members (excludes halogenated alkanes) is 1. The number of aromatic nitrogens is 3. The second kappa shape index (κ2) is 17.3. The summed E-state index contributed by atoms with van der Waals surface area (Å²) in [5.41, 5.74) is 15.0. The quantitative estimate of drug-likeness (QED) is 0.0967. The van der Waals surface area contributed by atoms with Crippen LogP contribution in [0.2, 0.25) is 0 Å². The molecule has 4 heterocycles. The van der Waals surface area contributed by atoms with Crippen LogP contribution in [0.5, 0.6) is 0 Å². The van der Waals surface area contributed by atoms with E-state index < -0.39 is 0 Å². The Morgan fingerprint density at radius 3 is 2.13 bits per heavy atom. The summed E-state index contributed by atoms with van der Waals surface area (Å²) in [5.74, 6) is 2.07. The predicted molar refractivity (Wildman–Crippen MR) is 268 cm³/mol. The number of benzene rings is 5. The number of imidazole rings is 1. The molecule has 0 amide bonds. The van der Waals surface area contributed by atoms with Crippen LogP contribution in [-0.2, 0) is 30.8 Å². The molecule has 322 valence electrons. The molecule has 0 bridgehead atoms. The predicted octanol–water partition coefficient (Wildman–Crippen LogP) is 15.4. The maximum absolute atomic E-state index is 2.76. The van der Waals surface area contributed by atoms with Crippen molar-refractivity contribution in [3.8, 4) is 39.5 Å². The summed E-state index contributed by atoms with van der Waals surface area (Å²) in [6, 6.07) is 44.3. The summed E-state index contributed by atoms with van der Waals surface area (Å²) in [6.45, 7) is 19.1. The summed E-state index contributed by atoms with van der Waals surface area (Å²) in [6.07, 6.45) is 15.9. The highest BCUT2D eigenvalue weighted by molar-refractivity contribution is 7.26. The molecule has 5 aromatic carbocycles. The zero-order valence-corrected chi connectivity index (χ0v) is 40.1. The number of hydrogen-bond acceptors (Lipinski definition) is 1. The lowest BCUT2D eigenvalue weighted by Crippen LogP contribution is -2.69. The van der Waals surface area contributed by atoms with Gasteiger partial charge >= 0.3 is 0 Å². The van der Waals surface area contributed by atoms with Gasteiger partial charge in [0.15, 0.2) is 11.7 Å². The van der Waals surface area contributed by atoms with Crippen LogP contribution < -0.4 is 9.13 Å². The summed E-state index contributed by atoms with van der Waals surface area (Å²) in [7, 11) is 2.21. The zero-order chi connectivity index (χ0) is 44.0. The van der Waals surface area contributed by atoms with Crippen molar-refractivity contribution in [2.45, 2.75) is 130 Å². The number of para-hydroxylation sites is 1. The summed E-state index contributed by atoms with van der Waals surface area (Å²) in [5, 5.41) is 2.78. The van der Waals surface area contributed by atoms with E-state index >= 15 is 0 Å². The molecule has 3 nitrogen and oxygen atoms in total. The smallest absolute Gasteiger partial charge is 0.232 e. The van der Waals surface area contributed by atoms with Crippen LogP contribution >= 0.6 is 11.3 Å². The Morgan fingerprint density at radius 2 is 1.41 bits per heavy atom. The first-order valence-corrected chi connectivity index (χ1v) is 24.8. The Morgan fingerprint density at radius 1 is 0.683 bits per heavy atom. The molecule has 1 aliphatic rings. The van der Waals surface area contributed by atoms with Crippen molar-refractivity contribution in [1.29, 1.82) is 0 Å². The van der Waals surface area contributed by atoms with Crippen molar-refractivity contribution in [1.82, 2.24) is 4.57 Å². The maximum Gasteiger partial charge on any atom is 0.294 e. The second-order valence-electron chi connectivity index (χ2n) is 19.2. The van der Waals surface area contributed by atoms with E-state index in [-0.39, 0.29) is 11.0 Å². The number of pyridine rings is 1. The molecule has 2 unspecified atom stereocenters. The van der Waals surface area contributed by atoms with E-state index in [1.807, 2.05) is 11.3 Å². The van der Waals surface area contributed by atoms with E-state index in [0.29, 0.717) is 11.8 Å². The van der Waals surface area contributed by atoms with Crippen molar-refractivity contribution in [3.63, 3.8) is 0 Å². The van der Waals surface area contributed by atoms with Gasteiger partial charge < -0.3 is 0 Å². The lowest BCUT2D eigenvalue weighted by molar-refractivity contribution is -0.770. The number of fused-ring (bicyclic) bond motifs is 7. The fraction of sp³-hybridized carbons (Fsp3) is 0.356. The maximum atomic E-state index is 2.76. The normalized spacial score (nSPS) is 17.3. The number of thiophene rings is 1. The molecule has 0 spiro atoms. The highest BCUT2D eigenvalue weighted by atomic mass is 32.1. The van der Waals surface area contributed by atoms with E-state index in [9.17, 15) is 0 Å². The third kappa shape index (κ3) is 7.18. The lowest BCUT2D eigenvalue weighted by Gasteiger charge is -2.48. The summed E-state index contributed by atoms with van der Waals surface area (Å²) < 4.78 is 10.4. The van der Waals surface area contributed by atoms with Crippen molar-refractivity contribution in [3.05, 3.63) is 162 Å². The minimum absolute atomic E-state index is 0.0892. The van der Waals surface area contributed by atoms with E-state index in [1.54, 1.807) is 0 Å². The first kappa shape index (κ1) is 43.0. The third-order valence-electron chi connectivity index (χ3n) is 15.1. The van der Waals surface area contributed by atoms with Gasteiger partial charge in [-0.25, -0.2) is 4.57 Å². The average molecular weight is 850 g/mol. The minimum atomic E-state index is -0.126. The molecule has 9 rings (SSSR count). The molecule has 1 aliphatic heterocycles. The fourth-order valence-electron chi connectivity index (χ4n) is 11.5. The molecule has 0 fully saturated rings. The Balaban J connectivity index is 1.16. The molecular weight excluding hydrogens is 783 g/mol. The molecule has 0 radical (unpaired) electrons. The highest BCUT2D eigenvalue weighted by Gasteiger charge is 2.59. The van der Waals surface area contributed by atoms with Crippen molar-refractivity contribution in [2.24, 2.45) is 7.05 Å². The SMILES string of the molecule is CCCCc1ccc2c(c1)sc1c3c(ccc12)C(C)(CC)C(CC)(CCCc1ccccc1-c1n(-c2c(C(C)C)cccc2C(C)C)cc[n+]1C)[n+]1ccc(-c2ccccc2)cc1-3. The Hall–Kier alpha value is -5.32. The molecule has 8 aromatic rings. The number of hydrogen-bond donors (Lipinski definition) is 0.